The fourth-order valence-electron chi connectivity index (χ4n) is 2.93. The summed E-state index contributed by atoms with van der Waals surface area (Å²) in [7, 11) is 1.65. The number of aromatic nitrogens is 1. The van der Waals surface area contributed by atoms with Crippen LogP contribution in [0.2, 0.25) is 0 Å². The van der Waals surface area contributed by atoms with Crippen molar-refractivity contribution in [1.29, 1.82) is 0 Å². The molecule has 140 valence electrons. The zero-order chi connectivity index (χ0) is 18.0. The molecule has 6 nitrogen and oxygen atoms in total. The fourth-order valence-corrected chi connectivity index (χ4v) is 2.93. The number of hydrogen-bond acceptors (Lipinski definition) is 4. The summed E-state index contributed by atoms with van der Waals surface area (Å²) in [5.41, 5.74) is 1.53. The summed E-state index contributed by atoms with van der Waals surface area (Å²) >= 11 is 0. The molecule has 0 bridgehead atoms. The van der Waals surface area contributed by atoms with Crippen molar-refractivity contribution in [2.45, 2.75) is 46.1 Å². The van der Waals surface area contributed by atoms with Crippen molar-refractivity contribution in [3.8, 4) is 5.88 Å². The molecule has 6 heteroatoms. The van der Waals surface area contributed by atoms with Crippen molar-refractivity contribution < 1.29 is 9.47 Å². The van der Waals surface area contributed by atoms with Crippen LogP contribution in [-0.2, 0) is 11.3 Å². The van der Waals surface area contributed by atoms with Crippen molar-refractivity contribution in [1.82, 2.24) is 15.6 Å². The van der Waals surface area contributed by atoms with Crippen LogP contribution in [0, 0.1) is 5.41 Å². The molecular weight excluding hydrogens is 316 g/mol. The first-order valence-corrected chi connectivity index (χ1v) is 9.30. The molecule has 1 aliphatic carbocycles. The Kier molecular flexibility index (Phi) is 7.98. The predicted molar refractivity (Wildman–Crippen MR) is 101 cm³/mol. The third-order valence-electron chi connectivity index (χ3n) is 4.89. The van der Waals surface area contributed by atoms with Crippen LogP contribution < -0.4 is 15.4 Å². The first kappa shape index (κ1) is 19.5. The van der Waals surface area contributed by atoms with E-state index in [2.05, 4.69) is 34.5 Å². The van der Waals surface area contributed by atoms with Gasteiger partial charge in [-0.1, -0.05) is 19.4 Å². The summed E-state index contributed by atoms with van der Waals surface area (Å²) < 4.78 is 10.4. The number of aliphatic imine (C=N–C) groups is 1. The van der Waals surface area contributed by atoms with Gasteiger partial charge in [-0.2, -0.15) is 0 Å². The molecule has 0 unspecified atom stereocenters. The predicted octanol–water partition coefficient (Wildman–Crippen LogP) is 2.74. The minimum Gasteiger partial charge on any atom is -0.475 e. The lowest BCUT2D eigenvalue weighted by molar-refractivity contribution is 0.131. The standard InChI is InChI=1S/C19H32N4O2/c1-4-19(9-6-10-19)15-23-18(20-5-2)22-14-16-7-8-17(21-13-16)25-12-11-24-3/h7-8,13H,4-6,9-12,14-15H2,1-3H3,(H2,20,22,23). The molecule has 1 fully saturated rings. The van der Waals surface area contributed by atoms with Crippen LogP contribution in [0.1, 0.15) is 45.1 Å². The smallest absolute Gasteiger partial charge is 0.213 e. The van der Waals surface area contributed by atoms with Crippen molar-refractivity contribution in [2.75, 3.05) is 33.4 Å². The maximum absolute atomic E-state index is 5.48. The van der Waals surface area contributed by atoms with Crippen LogP contribution in [0.3, 0.4) is 0 Å². The van der Waals surface area contributed by atoms with Crippen LogP contribution in [0.25, 0.3) is 0 Å². The Morgan fingerprint density at radius 2 is 2.08 bits per heavy atom. The van der Waals surface area contributed by atoms with E-state index in [1.54, 1.807) is 7.11 Å². The fraction of sp³-hybridized carbons (Fsp3) is 0.684. The number of pyridine rings is 1. The number of nitrogens with zero attached hydrogens (tertiary/aromatic N) is 2. The average Bonchev–Trinajstić information content (AvgIpc) is 2.60. The van der Waals surface area contributed by atoms with Gasteiger partial charge in [0.05, 0.1) is 13.2 Å². The number of hydrogen-bond donors (Lipinski definition) is 2. The second-order valence-electron chi connectivity index (χ2n) is 6.60. The highest BCUT2D eigenvalue weighted by atomic mass is 16.5. The molecule has 1 saturated carbocycles. The van der Waals surface area contributed by atoms with E-state index in [9.17, 15) is 0 Å². The van der Waals surface area contributed by atoms with Crippen molar-refractivity contribution >= 4 is 5.96 Å². The van der Waals surface area contributed by atoms with E-state index >= 15 is 0 Å². The maximum atomic E-state index is 5.48. The van der Waals surface area contributed by atoms with Crippen LogP contribution in [-0.4, -0.2) is 44.4 Å². The van der Waals surface area contributed by atoms with Gasteiger partial charge in [0.15, 0.2) is 5.96 Å². The molecular formula is C19H32N4O2. The van der Waals surface area contributed by atoms with Crippen molar-refractivity contribution in [3.63, 3.8) is 0 Å². The first-order chi connectivity index (χ1) is 12.2. The maximum Gasteiger partial charge on any atom is 0.213 e. The van der Waals surface area contributed by atoms with Gasteiger partial charge in [0.1, 0.15) is 6.61 Å². The molecule has 0 aliphatic heterocycles. The minimum absolute atomic E-state index is 0.471. The third kappa shape index (κ3) is 6.20. The topological polar surface area (TPSA) is 67.8 Å². The zero-order valence-corrected chi connectivity index (χ0v) is 15.8. The summed E-state index contributed by atoms with van der Waals surface area (Å²) in [6.45, 7) is 7.89. The molecule has 0 radical (unpaired) electrons. The van der Waals surface area contributed by atoms with Crippen LogP contribution >= 0.6 is 0 Å². The highest BCUT2D eigenvalue weighted by Gasteiger charge is 2.34. The molecule has 0 saturated heterocycles. The van der Waals surface area contributed by atoms with Gasteiger partial charge >= 0.3 is 0 Å². The van der Waals surface area contributed by atoms with Crippen LogP contribution in [0.5, 0.6) is 5.88 Å². The Bertz CT molecular complexity index is 521. The van der Waals surface area contributed by atoms with Gasteiger partial charge in [0.2, 0.25) is 5.88 Å². The second-order valence-corrected chi connectivity index (χ2v) is 6.60. The molecule has 0 spiro atoms. The van der Waals surface area contributed by atoms with Gasteiger partial charge in [-0.3, -0.25) is 0 Å². The first-order valence-electron chi connectivity index (χ1n) is 9.30. The molecule has 25 heavy (non-hydrogen) atoms. The summed E-state index contributed by atoms with van der Waals surface area (Å²) in [5.74, 6) is 1.49. The van der Waals surface area contributed by atoms with E-state index in [1.165, 1.54) is 25.7 Å². The van der Waals surface area contributed by atoms with Gasteiger partial charge in [-0.05, 0) is 37.2 Å². The Morgan fingerprint density at radius 3 is 2.64 bits per heavy atom. The summed E-state index contributed by atoms with van der Waals surface area (Å²) in [4.78, 5) is 8.99. The zero-order valence-electron chi connectivity index (χ0n) is 15.8. The Balaban J connectivity index is 1.85. The van der Waals surface area contributed by atoms with E-state index in [1.807, 2.05) is 18.3 Å². The van der Waals surface area contributed by atoms with Gasteiger partial charge in [0.25, 0.3) is 0 Å². The van der Waals surface area contributed by atoms with Crippen molar-refractivity contribution in [2.24, 2.45) is 10.4 Å². The van der Waals surface area contributed by atoms with E-state index in [0.717, 1.165) is 24.6 Å². The largest absolute Gasteiger partial charge is 0.475 e. The molecule has 2 rings (SSSR count). The normalized spacial score (nSPS) is 16.2. The van der Waals surface area contributed by atoms with Crippen molar-refractivity contribution in [3.05, 3.63) is 23.9 Å². The lowest BCUT2D eigenvalue weighted by atomic mass is 9.67. The monoisotopic (exact) mass is 348 g/mol. The molecule has 2 N–H and O–H groups in total. The second kappa shape index (κ2) is 10.2. The number of guanidine groups is 1. The SMILES string of the molecule is CCNC(=NCc1ccc(OCCOC)nc1)NCC1(CC)CCC1. The van der Waals surface area contributed by atoms with Gasteiger partial charge in [-0.25, -0.2) is 9.98 Å². The minimum atomic E-state index is 0.471. The van der Waals surface area contributed by atoms with E-state index in [4.69, 9.17) is 9.47 Å². The van der Waals surface area contributed by atoms with Crippen LogP contribution in [0.15, 0.2) is 23.3 Å². The third-order valence-corrected chi connectivity index (χ3v) is 4.89. The van der Waals surface area contributed by atoms with E-state index in [-0.39, 0.29) is 0 Å². The van der Waals surface area contributed by atoms with Gasteiger partial charge in [-0.15, -0.1) is 0 Å². The molecule has 0 atom stereocenters. The Hall–Kier alpha value is -1.82. The number of ether oxygens (including phenoxy) is 2. The molecule has 0 amide bonds. The quantitative estimate of drug-likeness (QED) is 0.387. The average molecular weight is 348 g/mol. The number of nitrogens with one attached hydrogen (secondary N) is 2. The van der Waals surface area contributed by atoms with Gasteiger partial charge in [0, 0.05) is 32.5 Å². The number of rotatable bonds is 10. The molecule has 0 aromatic carbocycles. The van der Waals surface area contributed by atoms with Crippen LogP contribution in [0.4, 0.5) is 0 Å². The molecule has 1 aromatic heterocycles. The summed E-state index contributed by atoms with van der Waals surface area (Å²) in [5, 5.41) is 6.83. The molecule has 1 aliphatic rings. The molecule has 1 aromatic rings. The Labute approximate surface area is 151 Å². The Morgan fingerprint density at radius 1 is 1.24 bits per heavy atom. The van der Waals surface area contributed by atoms with E-state index < -0.39 is 0 Å². The lowest BCUT2D eigenvalue weighted by Gasteiger charge is -2.41. The highest BCUT2D eigenvalue weighted by Crippen LogP contribution is 2.42. The highest BCUT2D eigenvalue weighted by molar-refractivity contribution is 5.79. The number of methoxy groups -OCH3 is 1. The van der Waals surface area contributed by atoms with Gasteiger partial charge < -0.3 is 20.1 Å². The summed E-state index contributed by atoms with van der Waals surface area (Å²) in [6.07, 6.45) is 7.05. The summed E-state index contributed by atoms with van der Waals surface area (Å²) in [6, 6.07) is 3.88. The molecule has 1 heterocycles. The lowest BCUT2D eigenvalue weighted by Crippen LogP contribution is -2.46. The van der Waals surface area contributed by atoms with E-state index in [0.29, 0.717) is 31.1 Å².